The van der Waals surface area contributed by atoms with Crippen LogP contribution in [0.2, 0.25) is 0 Å². The zero-order valence-electron chi connectivity index (χ0n) is 17.6. The predicted octanol–water partition coefficient (Wildman–Crippen LogP) is 5.66. The highest BCUT2D eigenvalue weighted by Crippen LogP contribution is 2.39. The lowest BCUT2D eigenvalue weighted by molar-refractivity contribution is 0.223. The van der Waals surface area contributed by atoms with E-state index in [9.17, 15) is 4.79 Å². The number of benzene rings is 1. The molecule has 0 radical (unpaired) electrons. The van der Waals surface area contributed by atoms with Gasteiger partial charge in [0.2, 0.25) is 5.75 Å². The van der Waals surface area contributed by atoms with Crippen LogP contribution in [0.3, 0.4) is 0 Å². The number of hydrogen-bond donors (Lipinski definition) is 0. The third-order valence-corrected chi connectivity index (χ3v) is 4.13. The lowest BCUT2D eigenvalue weighted by atomic mass is 10.1. The van der Waals surface area contributed by atoms with E-state index in [2.05, 4.69) is 26.8 Å². The minimum Gasteiger partial charge on any atom is -0.496 e. The van der Waals surface area contributed by atoms with Crippen LogP contribution < -0.4 is 19.8 Å². The van der Waals surface area contributed by atoms with Gasteiger partial charge in [0.15, 0.2) is 5.75 Å². The molecule has 0 aliphatic carbocycles. The lowest BCUT2D eigenvalue weighted by Gasteiger charge is -2.17. The van der Waals surface area contributed by atoms with Crippen LogP contribution in [-0.4, -0.2) is 19.8 Å². The normalized spacial score (nSPS) is 11.6. The summed E-state index contributed by atoms with van der Waals surface area (Å²) in [6.07, 6.45) is 5.98. The zero-order valence-corrected chi connectivity index (χ0v) is 17.6. The third kappa shape index (κ3) is 5.65. The maximum absolute atomic E-state index is 12.5. The first-order valence-electron chi connectivity index (χ1n) is 9.55. The Bertz CT molecular complexity index is 914. The van der Waals surface area contributed by atoms with Gasteiger partial charge in [0.05, 0.1) is 13.2 Å². The monoisotopic (exact) mass is 386 g/mol. The highest BCUT2D eigenvalue weighted by molar-refractivity contribution is 5.91. The Morgan fingerprint density at radius 1 is 1.14 bits per heavy atom. The van der Waals surface area contributed by atoms with Crippen LogP contribution in [0.1, 0.15) is 47.5 Å². The van der Waals surface area contributed by atoms with Crippen molar-refractivity contribution in [3.8, 4) is 17.2 Å². The van der Waals surface area contributed by atoms with E-state index in [1.165, 1.54) is 11.1 Å². The highest BCUT2D eigenvalue weighted by atomic mass is 16.5. The van der Waals surface area contributed by atoms with Gasteiger partial charge in [-0.1, -0.05) is 23.3 Å². The van der Waals surface area contributed by atoms with Crippen LogP contribution in [0.5, 0.6) is 17.2 Å². The molecule has 0 saturated heterocycles. The van der Waals surface area contributed by atoms with Gasteiger partial charge in [-0.15, -0.1) is 0 Å². The van der Waals surface area contributed by atoms with Crippen LogP contribution in [0, 0.1) is 0 Å². The fourth-order valence-electron chi connectivity index (χ4n) is 2.77. The van der Waals surface area contributed by atoms with Gasteiger partial charge >= 0.3 is 5.63 Å². The van der Waals surface area contributed by atoms with E-state index < -0.39 is 5.63 Å². The number of ether oxygens (including phenoxy) is 3. The molecule has 0 bridgehead atoms. The summed E-state index contributed by atoms with van der Waals surface area (Å²) < 4.78 is 22.6. The van der Waals surface area contributed by atoms with Gasteiger partial charge in [-0.3, -0.25) is 0 Å². The molecule has 0 aliphatic rings. The zero-order chi connectivity index (χ0) is 20.7. The molecule has 152 valence electrons. The molecule has 5 nitrogen and oxygen atoms in total. The number of allylic oxidation sites excluding steroid dienone is 3. The molecule has 0 fully saturated rings. The largest absolute Gasteiger partial charge is 0.496 e. The lowest BCUT2D eigenvalue weighted by Crippen LogP contribution is -2.14. The summed E-state index contributed by atoms with van der Waals surface area (Å²) in [6.45, 7) is 10.3. The molecule has 0 N–H and O–H groups in total. The number of rotatable bonds is 9. The molecule has 2 aromatic rings. The summed E-state index contributed by atoms with van der Waals surface area (Å²) in [4.78, 5) is 12.5. The Morgan fingerprint density at radius 2 is 1.89 bits per heavy atom. The van der Waals surface area contributed by atoms with Crippen molar-refractivity contribution >= 4 is 11.0 Å². The SMILES string of the molecule is COc1cccc2oc(=O)c(OCC=C(C)CCC=C(C)C)c(OC(C)C)c12. The van der Waals surface area contributed by atoms with Gasteiger partial charge in [0.1, 0.15) is 23.3 Å². The Kier molecular flexibility index (Phi) is 7.73. The predicted molar refractivity (Wildman–Crippen MR) is 113 cm³/mol. The fourth-order valence-corrected chi connectivity index (χ4v) is 2.77. The van der Waals surface area contributed by atoms with Gasteiger partial charge in [0.25, 0.3) is 0 Å². The summed E-state index contributed by atoms with van der Waals surface area (Å²) in [5.74, 6) is 0.989. The molecule has 0 amide bonds. The Hall–Kier alpha value is -2.69. The second-order valence-corrected chi connectivity index (χ2v) is 7.23. The second kappa shape index (κ2) is 10.0. The number of fused-ring (bicyclic) bond motifs is 1. The summed E-state index contributed by atoms with van der Waals surface area (Å²) >= 11 is 0. The molecule has 5 heteroatoms. The van der Waals surface area contributed by atoms with Gasteiger partial charge in [-0.25, -0.2) is 4.79 Å². The first-order valence-corrected chi connectivity index (χ1v) is 9.55. The van der Waals surface area contributed by atoms with Crippen molar-refractivity contribution < 1.29 is 18.6 Å². The third-order valence-electron chi connectivity index (χ3n) is 4.13. The molecule has 2 rings (SSSR count). The van der Waals surface area contributed by atoms with Crippen molar-refractivity contribution in [3.63, 3.8) is 0 Å². The Morgan fingerprint density at radius 3 is 2.54 bits per heavy atom. The van der Waals surface area contributed by atoms with Crippen LogP contribution in [0.4, 0.5) is 0 Å². The molecule has 1 heterocycles. The molecular formula is C23H30O5. The highest BCUT2D eigenvalue weighted by Gasteiger charge is 2.21. The minimum atomic E-state index is -0.563. The topological polar surface area (TPSA) is 57.9 Å². The summed E-state index contributed by atoms with van der Waals surface area (Å²) in [5, 5.41) is 0.595. The van der Waals surface area contributed by atoms with Crippen molar-refractivity contribution in [3.05, 3.63) is 51.9 Å². The molecule has 0 spiro atoms. The standard InChI is InChI=1S/C23H30O5/c1-15(2)9-7-10-17(5)13-14-26-22-21(27-16(3)4)20-18(25-6)11-8-12-19(20)28-23(22)24/h8-9,11-13,16H,7,10,14H2,1-6H3. The molecule has 0 atom stereocenters. The average molecular weight is 386 g/mol. The van der Waals surface area contributed by atoms with E-state index in [4.69, 9.17) is 18.6 Å². The van der Waals surface area contributed by atoms with Crippen LogP contribution in [0.25, 0.3) is 11.0 Å². The quantitative estimate of drug-likeness (QED) is 0.411. The Labute approximate surface area is 166 Å². The fraction of sp³-hybridized carbons (Fsp3) is 0.435. The molecule has 0 aliphatic heterocycles. The van der Waals surface area contributed by atoms with E-state index in [1.54, 1.807) is 25.3 Å². The second-order valence-electron chi connectivity index (χ2n) is 7.23. The Balaban J connectivity index is 2.34. The van der Waals surface area contributed by atoms with E-state index in [0.717, 1.165) is 12.8 Å². The van der Waals surface area contributed by atoms with Crippen molar-refractivity contribution in [2.45, 2.75) is 53.6 Å². The van der Waals surface area contributed by atoms with Crippen molar-refractivity contribution in [1.29, 1.82) is 0 Å². The molecule has 28 heavy (non-hydrogen) atoms. The average Bonchev–Trinajstić information content (AvgIpc) is 2.62. The van der Waals surface area contributed by atoms with Gasteiger partial charge in [0, 0.05) is 0 Å². The van der Waals surface area contributed by atoms with Crippen molar-refractivity contribution in [1.82, 2.24) is 0 Å². The van der Waals surface area contributed by atoms with E-state index in [0.29, 0.717) is 22.5 Å². The first-order chi connectivity index (χ1) is 13.3. The molecule has 1 aromatic carbocycles. The van der Waals surface area contributed by atoms with E-state index >= 15 is 0 Å². The summed E-state index contributed by atoms with van der Waals surface area (Å²) in [7, 11) is 1.57. The van der Waals surface area contributed by atoms with Gasteiger partial charge < -0.3 is 18.6 Å². The van der Waals surface area contributed by atoms with Crippen LogP contribution in [-0.2, 0) is 0 Å². The van der Waals surface area contributed by atoms with Gasteiger partial charge in [-0.2, -0.15) is 0 Å². The van der Waals surface area contributed by atoms with Crippen molar-refractivity contribution in [2.24, 2.45) is 0 Å². The summed E-state index contributed by atoms with van der Waals surface area (Å²) in [5.41, 5.74) is 2.35. The molecular weight excluding hydrogens is 356 g/mol. The maximum atomic E-state index is 12.5. The molecule has 1 aromatic heterocycles. The van der Waals surface area contributed by atoms with Gasteiger partial charge in [-0.05, 0) is 65.7 Å². The van der Waals surface area contributed by atoms with Crippen molar-refractivity contribution in [2.75, 3.05) is 13.7 Å². The summed E-state index contributed by atoms with van der Waals surface area (Å²) in [6, 6.07) is 5.28. The van der Waals surface area contributed by atoms with E-state index in [1.807, 2.05) is 19.9 Å². The van der Waals surface area contributed by atoms with Crippen LogP contribution >= 0.6 is 0 Å². The van der Waals surface area contributed by atoms with E-state index in [-0.39, 0.29) is 18.5 Å². The minimum absolute atomic E-state index is 0.0686. The maximum Gasteiger partial charge on any atom is 0.383 e. The number of methoxy groups -OCH3 is 1. The first kappa shape index (κ1) is 21.6. The molecule has 0 unspecified atom stereocenters. The number of hydrogen-bond acceptors (Lipinski definition) is 5. The smallest absolute Gasteiger partial charge is 0.383 e. The van der Waals surface area contributed by atoms with Crippen LogP contribution in [0.15, 0.2) is 50.7 Å². The molecule has 0 saturated carbocycles.